The molecule has 7 nitrogen and oxygen atoms in total. The van der Waals surface area contributed by atoms with E-state index in [1.54, 1.807) is 13.8 Å². The first-order chi connectivity index (χ1) is 8.23. The van der Waals surface area contributed by atoms with E-state index in [0.29, 0.717) is 19.4 Å². The van der Waals surface area contributed by atoms with E-state index in [1.807, 2.05) is 0 Å². The third-order valence-corrected chi connectivity index (χ3v) is 2.30. The number of nitrogens with one attached hydrogen (secondary N) is 2. The molecule has 0 atom stereocenters. The van der Waals surface area contributed by atoms with Gasteiger partial charge in [-0.2, -0.15) is 0 Å². The summed E-state index contributed by atoms with van der Waals surface area (Å²) in [6.45, 7) is 3.85. The summed E-state index contributed by atoms with van der Waals surface area (Å²) in [7, 11) is 0. The average molecular weight is 259 g/mol. The van der Waals surface area contributed by atoms with Crippen LogP contribution in [-0.2, 0) is 9.59 Å². The quantitative estimate of drug-likeness (QED) is 0.465. The van der Waals surface area contributed by atoms with E-state index in [-0.39, 0.29) is 18.9 Å². The highest BCUT2D eigenvalue weighted by Crippen LogP contribution is 2.10. The molecule has 0 unspecified atom stereocenters. The maximum absolute atomic E-state index is 11.5. The molecule has 7 heteroatoms. The maximum Gasteiger partial charge on any atom is 0.315 e. The smallest absolute Gasteiger partial charge is 0.315 e. The zero-order valence-corrected chi connectivity index (χ0v) is 10.8. The van der Waals surface area contributed by atoms with Crippen LogP contribution in [0.2, 0.25) is 0 Å². The highest BCUT2D eigenvalue weighted by atomic mass is 16.4. The van der Waals surface area contributed by atoms with Gasteiger partial charge in [-0.05, 0) is 26.7 Å². The van der Waals surface area contributed by atoms with Crippen molar-refractivity contribution in [2.24, 2.45) is 5.73 Å². The summed E-state index contributed by atoms with van der Waals surface area (Å²) in [4.78, 5) is 32.4. The van der Waals surface area contributed by atoms with Crippen molar-refractivity contribution in [2.75, 3.05) is 6.54 Å². The largest absolute Gasteiger partial charge is 0.481 e. The van der Waals surface area contributed by atoms with Crippen LogP contribution in [0.25, 0.3) is 0 Å². The Morgan fingerprint density at radius 1 is 1.22 bits per heavy atom. The van der Waals surface area contributed by atoms with Crippen molar-refractivity contribution in [1.29, 1.82) is 0 Å². The summed E-state index contributed by atoms with van der Waals surface area (Å²) >= 11 is 0. The van der Waals surface area contributed by atoms with Crippen LogP contribution in [0.4, 0.5) is 4.79 Å². The minimum Gasteiger partial charge on any atom is -0.481 e. The number of aliphatic carboxylic acids is 1. The molecule has 0 aliphatic rings. The summed E-state index contributed by atoms with van der Waals surface area (Å²) in [5.41, 5.74) is 4.36. The fourth-order valence-corrected chi connectivity index (χ4v) is 1.30. The lowest BCUT2D eigenvalue weighted by Gasteiger charge is -2.25. The number of hydrogen-bond acceptors (Lipinski definition) is 3. The van der Waals surface area contributed by atoms with Crippen molar-refractivity contribution in [3.05, 3.63) is 0 Å². The van der Waals surface area contributed by atoms with Crippen molar-refractivity contribution in [2.45, 2.75) is 45.1 Å². The van der Waals surface area contributed by atoms with Crippen LogP contribution in [0.1, 0.15) is 39.5 Å². The molecule has 18 heavy (non-hydrogen) atoms. The highest BCUT2D eigenvalue weighted by Gasteiger charge is 2.21. The third-order valence-electron chi connectivity index (χ3n) is 2.30. The second-order valence-corrected chi connectivity index (χ2v) is 4.73. The number of carbonyl (C=O) groups excluding carboxylic acids is 2. The van der Waals surface area contributed by atoms with Crippen molar-refractivity contribution < 1.29 is 19.5 Å². The van der Waals surface area contributed by atoms with Gasteiger partial charge in [0.05, 0.1) is 0 Å². The Kier molecular flexibility index (Phi) is 6.77. The van der Waals surface area contributed by atoms with Crippen molar-refractivity contribution in [3.63, 3.8) is 0 Å². The van der Waals surface area contributed by atoms with Gasteiger partial charge in [0.25, 0.3) is 0 Å². The molecule has 0 radical (unpaired) electrons. The van der Waals surface area contributed by atoms with Gasteiger partial charge < -0.3 is 21.5 Å². The SMILES string of the molecule is CC(C)(CCC(=O)O)NC(=O)NCCCC(N)=O. The van der Waals surface area contributed by atoms with E-state index in [9.17, 15) is 14.4 Å². The summed E-state index contributed by atoms with van der Waals surface area (Å²) in [5, 5.41) is 13.8. The summed E-state index contributed by atoms with van der Waals surface area (Å²) in [6.07, 6.45) is 1.05. The second kappa shape index (κ2) is 7.52. The number of hydrogen-bond donors (Lipinski definition) is 4. The molecule has 0 saturated carbocycles. The van der Waals surface area contributed by atoms with Crippen molar-refractivity contribution in [1.82, 2.24) is 10.6 Å². The molecule has 0 aliphatic heterocycles. The molecule has 0 saturated heterocycles. The molecule has 0 fully saturated rings. The Labute approximate surface area is 106 Å². The molecule has 0 rings (SSSR count). The Hall–Kier alpha value is -1.79. The molecule has 0 aromatic heterocycles. The third kappa shape index (κ3) is 9.44. The topological polar surface area (TPSA) is 122 Å². The molecule has 3 amide bonds. The molecule has 104 valence electrons. The number of nitrogens with two attached hydrogens (primary N) is 1. The number of rotatable bonds is 8. The molecule has 0 aliphatic carbocycles. The van der Waals surface area contributed by atoms with Crippen LogP contribution in [0.15, 0.2) is 0 Å². The highest BCUT2D eigenvalue weighted by molar-refractivity contribution is 5.75. The van der Waals surface area contributed by atoms with Gasteiger partial charge in [0.15, 0.2) is 0 Å². The van der Waals surface area contributed by atoms with Crippen LogP contribution in [0, 0.1) is 0 Å². The first kappa shape index (κ1) is 16.2. The summed E-state index contributed by atoms with van der Waals surface area (Å²) < 4.78 is 0. The normalized spacial score (nSPS) is 10.8. The molecule has 0 spiro atoms. The Morgan fingerprint density at radius 2 is 1.83 bits per heavy atom. The van der Waals surface area contributed by atoms with Crippen LogP contribution < -0.4 is 16.4 Å². The number of primary amides is 1. The average Bonchev–Trinajstić information content (AvgIpc) is 2.21. The number of amides is 3. The Bertz CT molecular complexity index is 315. The van der Waals surface area contributed by atoms with Gasteiger partial charge in [0.1, 0.15) is 0 Å². The molecule has 0 bridgehead atoms. The van der Waals surface area contributed by atoms with E-state index >= 15 is 0 Å². The number of carbonyl (C=O) groups is 3. The maximum atomic E-state index is 11.5. The lowest BCUT2D eigenvalue weighted by atomic mass is 9.99. The standard InChI is InChI=1S/C11H21N3O4/c1-11(2,6-5-9(16)17)14-10(18)13-7-3-4-8(12)15/h3-7H2,1-2H3,(H2,12,15)(H,16,17)(H2,13,14,18). The molecular weight excluding hydrogens is 238 g/mol. The summed E-state index contributed by atoms with van der Waals surface area (Å²) in [5.74, 6) is -1.30. The number of carboxylic acid groups (broad SMARTS) is 1. The van der Waals surface area contributed by atoms with Gasteiger partial charge in [-0.1, -0.05) is 0 Å². The zero-order chi connectivity index (χ0) is 14.2. The number of carboxylic acids is 1. The molecule has 0 aromatic rings. The Balaban J connectivity index is 3.84. The van der Waals surface area contributed by atoms with E-state index in [1.165, 1.54) is 0 Å². The van der Waals surface area contributed by atoms with E-state index < -0.39 is 17.4 Å². The van der Waals surface area contributed by atoms with Gasteiger partial charge in [-0.3, -0.25) is 9.59 Å². The zero-order valence-electron chi connectivity index (χ0n) is 10.8. The minimum atomic E-state index is -0.897. The van der Waals surface area contributed by atoms with Gasteiger partial charge in [0, 0.05) is 24.9 Å². The molecule has 0 aromatic carbocycles. The first-order valence-electron chi connectivity index (χ1n) is 5.79. The van der Waals surface area contributed by atoms with Crippen LogP contribution in [0.3, 0.4) is 0 Å². The predicted octanol–water partition coefficient (Wildman–Crippen LogP) is 0.195. The molecule has 0 heterocycles. The van der Waals surface area contributed by atoms with Crippen LogP contribution in [0.5, 0.6) is 0 Å². The van der Waals surface area contributed by atoms with E-state index in [4.69, 9.17) is 10.8 Å². The van der Waals surface area contributed by atoms with Gasteiger partial charge in [-0.25, -0.2) is 4.79 Å². The summed E-state index contributed by atoms with van der Waals surface area (Å²) in [6, 6.07) is -0.380. The van der Waals surface area contributed by atoms with E-state index in [0.717, 1.165) is 0 Å². The van der Waals surface area contributed by atoms with Crippen molar-refractivity contribution >= 4 is 17.9 Å². The fourth-order valence-electron chi connectivity index (χ4n) is 1.30. The van der Waals surface area contributed by atoms with Gasteiger partial charge >= 0.3 is 12.0 Å². The molecular formula is C11H21N3O4. The van der Waals surface area contributed by atoms with E-state index in [2.05, 4.69) is 10.6 Å². The molecule has 5 N–H and O–H groups in total. The lowest BCUT2D eigenvalue weighted by Crippen LogP contribution is -2.48. The number of urea groups is 1. The lowest BCUT2D eigenvalue weighted by molar-refractivity contribution is -0.137. The first-order valence-corrected chi connectivity index (χ1v) is 5.79. The fraction of sp³-hybridized carbons (Fsp3) is 0.727. The van der Waals surface area contributed by atoms with Crippen LogP contribution >= 0.6 is 0 Å². The monoisotopic (exact) mass is 259 g/mol. The second-order valence-electron chi connectivity index (χ2n) is 4.73. The van der Waals surface area contributed by atoms with Crippen molar-refractivity contribution in [3.8, 4) is 0 Å². The Morgan fingerprint density at radius 3 is 2.33 bits per heavy atom. The van der Waals surface area contributed by atoms with Crippen LogP contribution in [-0.4, -0.2) is 35.1 Å². The predicted molar refractivity (Wildman–Crippen MR) is 65.9 cm³/mol. The van der Waals surface area contributed by atoms with Gasteiger partial charge in [-0.15, -0.1) is 0 Å². The minimum absolute atomic E-state index is 0.00500. The van der Waals surface area contributed by atoms with Gasteiger partial charge in [0.2, 0.25) is 5.91 Å².